The molecule has 0 saturated carbocycles. The molecule has 0 radical (unpaired) electrons. The number of benzene rings is 2. The van der Waals surface area contributed by atoms with Crippen molar-refractivity contribution in [2.75, 3.05) is 6.61 Å². The van der Waals surface area contributed by atoms with Gasteiger partial charge in [0.25, 0.3) is 0 Å². The van der Waals surface area contributed by atoms with Gasteiger partial charge in [0.2, 0.25) is 6.10 Å². The molecule has 108 valence electrons. The molecule has 4 heteroatoms. The minimum atomic E-state index is -0.718. The second-order valence-corrected chi connectivity index (χ2v) is 4.96. The van der Waals surface area contributed by atoms with Crippen LogP contribution < -0.4 is 9.47 Å². The highest BCUT2D eigenvalue weighted by Crippen LogP contribution is 2.31. The summed E-state index contributed by atoms with van der Waals surface area (Å²) in [6.07, 6.45) is -0.718. The number of hydrogen-bond acceptors (Lipinski definition) is 4. The zero-order valence-electron chi connectivity index (χ0n) is 11.7. The second kappa shape index (κ2) is 5.87. The Labute approximate surface area is 123 Å². The van der Waals surface area contributed by atoms with Gasteiger partial charge in [-0.15, -0.1) is 0 Å². The van der Waals surface area contributed by atoms with Crippen LogP contribution in [0.3, 0.4) is 0 Å². The van der Waals surface area contributed by atoms with Crippen molar-refractivity contribution in [1.29, 1.82) is 0 Å². The van der Waals surface area contributed by atoms with Gasteiger partial charge in [-0.25, -0.2) is 4.79 Å². The molecule has 0 spiro atoms. The van der Waals surface area contributed by atoms with E-state index in [2.05, 4.69) is 0 Å². The van der Waals surface area contributed by atoms with Crippen molar-refractivity contribution in [3.8, 4) is 11.5 Å². The maximum atomic E-state index is 12.0. The highest BCUT2D eigenvalue weighted by atomic mass is 16.6. The van der Waals surface area contributed by atoms with Gasteiger partial charge in [-0.1, -0.05) is 42.0 Å². The molecule has 0 aliphatic carbocycles. The van der Waals surface area contributed by atoms with Crippen LogP contribution in [0.15, 0.2) is 48.5 Å². The van der Waals surface area contributed by atoms with Crippen molar-refractivity contribution in [3.05, 3.63) is 59.7 Å². The van der Waals surface area contributed by atoms with Gasteiger partial charge < -0.3 is 14.2 Å². The largest absolute Gasteiger partial charge is 0.485 e. The van der Waals surface area contributed by atoms with Crippen LogP contribution >= 0.6 is 0 Å². The summed E-state index contributed by atoms with van der Waals surface area (Å²) in [7, 11) is 0. The molecular formula is C17H16O4. The van der Waals surface area contributed by atoms with Gasteiger partial charge in [0.05, 0.1) is 0 Å². The molecule has 1 aliphatic rings. The number of fused-ring (bicyclic) bond motifs is 1. The van der Waals surface area contributed by atoms with Crippen molar-refractivity contribution in [1.82, 2.24) is 0 Å². The highest BCUT2D eigenvalue weighted by molar-refractivity contribution is 5.76. The van der Waals surface area contributed by atoms with Crippen LogP contribution in [0.4, 0.5) is 0 Å². The number of aryl methyl sites for hydroxylation is 1. The van der Waals surface area contributed by atoms with E-state index in [1.54, 1.807) is 6.07 Å². The number of rotatable bonds is 3. The first-order chi connectivity index (χ1) is 10.2. The summed E-state index contributed by atoms with van der Waals surface area (Å²) in [5, 5.41) is 0. The number of carbonyl (C=O) groups excluding carboxylic acids is 1. The lowest BCUT2D eigenvalue weighted by atomic mass is 10.1. The first-order valence-corrected chi connectivity index (χ1v) is 6.83. The fourth-order valence-corrected chi connectivity index (χ4v) is 2.19. The summed E-state index contributed by atoms with van der Waals surface area (Å²) < 4.78 is 16.4. The molecule has 1 heterocycles. The van der Waals surface area contributed by atoms with Gasteiger partial charge in [0, 0.05) is 0 Å². The number of hydrogen-bond donors (Lipinski definition) is 0. The van der Waals surface area contributed by atoms with Crippen LogP contribution in [0.2, 0.25) is 0 Å². The minimum Gasteiger partial charge on any atom is -0.485 e. The molecule has 4 nitrogen and oxygen atoms in total. The fourth-order valence-electron chi connectivity index (χ4n) is 2.19. The molecule has 1 atom stereocenters. The molecule has 0 aromatic heterocycles. The van der Waals surface area contributed by atoms with Gasteiger partial charge in [0.15, 0.2) is 11.5 Å². The number of esters is 1. The Morgan fingerprint density at radius 1 is 1.19 bits per heavy atom. The van der Waals surface area contributed by atoms with Gasteiger partial charge in [-0.05, 0) is 24.6 Å². The summed E-state index contributed by atoms with van der Waals surface area (Å²) in [6.45, 7) is 2.41. The summed E-state index contributed by atoms with van der Waals surface area (Å²) in [5.74, 6) is 0.812. The Hall–Kier alpha value is -2.49. The van der Waals surface area contributed by atoms with Gasteiger partial charge in [0.1, 0.15) is 13.2 Å². The lowest BCUT2D eigenvalue weighted by Crippen LogP contribution is -2.37. The molecule has 0 unspecified atom stereocenters. The summed E-state index contributed by atoms with van der Waals surface area (Å²) in [6, 6.07) is 15.1. The van der Waals surface area contributed by atoms with Crippen LogP contribution in [-0.4, -0.2) is 18.7 Å². The molecule has 3 rings (SSSR count). The Bertz CT molecular complexity index is 651. The van der Waals surface area contributed by atoms with Gasteiger partial charge in [-0.3, -0.25) is 0 Å². The normalized spacial score (nSPS) is 16.3. The van der Waals surface area contributed by atoms with Crippen LogP contribution in [0.5, 0.6) is 11.5 Å². The van der Waals surface area contributed by atoms with E-state index < -0.39 is 12.1 Å². The predicted octanol–water partition coefficient (Wildman–Crippen LogP) is 2.88. The third-order valence-electron chi connectivity index (χ3n) is 3.24. The Balaban J connectivity index is 1.59. The molecule has 2 aromatic rings. The molecule has 0 bridgehead atoms. The maximum absolute atomic E-state index is 12.0. The minimum absolute atomic E-state index is 0.170. The van der Waals surface area contributed by atoms with Crippen LogP contribution in [0.25, 0.3) is 0 Å². The summed E-state index contributed by atoms with van der Waals surface area (Å²) in [4.78, 5) is 12.0. The first-order valence-electron chi connectivity index (χ1n) is 6.83. The van der Waals surface area contributed by atoms with E-state index in [4.69, 9.17) is 14.2 Å². The molecule has 1 aliphatic heterocycles. The van der Waals surface area contributed by atoms with E-state index in [9.17, 15) is 4.79 Å². The van der Waals surface area contributed by atoms with Crippen molar-refractivity contribution in [2.24, 2.45) is 0 Å². The van der Waals surface area contributed by atoms with Crippen LogP contribution in [-0.2, 0) is 16.1 Å². The first kappa shape index (κ1) is 13.5. The predicted molar refractivity (Wildman–Crippen MR) is 77.3 cm³/mol. The molecule has 2 aromatic carbocycles. The maximum Gasteiger partial charge on any atom is 0.351 e. The van der Waals surface area contributed by atoms with E-state index in [0.29, 0.717) is 11.5 Å². The zero-order valence-corrected chi connectivity index (χ0v) is 11.7. The van der Waals surface area contributed by atoms with Gasteiger partial charge >= 0.3 is 5.97 Å². The summed E-state index contributed by atoms with van der Waals surface area (Å²) in [5.41, 5.74) is 2.09. The Morgan fingerprint density at radius 3 is 2.81 bits per heavy atom. The highest BCUT2D eigenvalue weighted by Gasteiger charge is 2.28. The number of para-hydroxylation sites is 2. The van der Waals surface area contributed by atoms with E-state index >= 15 is 0 Å². The lowest BCUT2D eigenvalue weighted by Gasteiger charge is -2.24. The SMILES string of the molecule is Cc1cccc(COC(=O)[C@H]2COc3ccccc3O2)c1. The van der Waals surface area contributed by atoms with Crippen LogP contribution in [0.1, 0.15) is 11.1 Å². The average Bonchev–Trinajstić information content (AvgIpc) is 2.52. The fraction of sp³-hybridized carbons (Fsp3) is 0.235. The van der Waals surface area contributed by atoms with E-state index in [1.807, 2.05) is 49.4 Å². The summed E-state index contributed by atoms with van der Waals surface area (Å²) >= 11 is 0. The third-order valence-corrected chi connectivity index (χ3v) is 3.24. The van der Waals surface area contributed by atoms with Crippen molar-refractivity contribution in [2.45, 2.75) is 19.6 Å². The van der Waals surface area contributed by atoms with E-state index in [-0.39, 0.29) is 13.2 Å². The molecule has 0 N–H and O–H groups in total. The quantitative estimate of drug-likeness (QED) is 0.813. The smallest absolute Gasteiger partial charge is 0.351 e. The Morgan fingerprint density at radius 2 is 2.00 bits per heavy atom. The molecular weight excluding hydrogens is 268 g/mol. The second-order valence-electron chi connectivity index (χ2n) is 4.96. The standard InChI is InChI=1S/C17H16O4/c1-12-5-4-6-13(9-12)10-20-17(18)16-11-19-14-7-2-3-8-15(14)21-16/h2-9,16H,10-11H2,1H3/t16-/m1/s1. The molecule has 0 amide bonds. The molecule has 0 saturated heterocycles. The Kier molecular flexibility index (Phi) is 3.77. The van der Waals surface area contributed by atoms with Crippen molar-refractivity contribution >= 4 is 5.97 Å². The van der Waals surface area contributed by atoms with Crippen molar-refractivity contribution in [3.63, 3.8) is 0 Å². The third kappa shape index (κ3) is 3.16. The topological polar surface area (TPSA) is 44.8 Å². The zero-order chi connectivity index (χ0) is 14.7. The van der Waals surface area contributed by atoms with Crippen LogP contribution in [0, 0.1) is 6.92 Å². The monoisotopic (exact) mass is 284 g/mol. The lowest BCUT2D eigenvalue weighted by molar-refractivity contribution is -0.155. The number of ether oxygens (including phenoxy) is 3. The van der Waals surface area contributed by atoms with Gasteiger partial charge in [-0.2, -0.15) is 0 Å². The number of carbonyl (C=O) groups is 1. The van der Waals surface area contributed by atoms with E-state index in [1.165, 1.54) is 0 Å². The van der Waals surface area contributed by atoms with E-state index in [0.717, 1.165) is 11.1 Å². The average molecular weight is 284 g/mol. The molecule has 21 heavy (non-hydrogen) atoms. The molecule has 0 fully saturated rings. The van der Waals surface area contributed by atoms with Crippen molar-refractivity contribution < 1.29 is 19.0 Å².